The van der Waals surface area contributed by atoms with Gasteiger partial charge in [0.05, 0.1) is 11.8 Å². The Kier molecular flexibility index (Phi) is 5.31. The number of urea groups is 1. The Labute approximate surface area is 97.1 Å². The lowest BCUT2D eigenvalue weighted by Gasteiger charge is -2.28. The first-order valence-electron chi connectivity index (χ1n) is 4.84. The van der Waals surface area contributed by atoms with Gasteiger partial charge in [-0.3, -0.25) is 0 Å². The number of carbonyl (C=O) groups is 1. The summed E-state index contributed by atoms with van der Waals surface area (Å²) in [5.41, 5.74) is 0. The largest absolute Gasteiger partial charge is 0.327 e. The molecule has 1 N–H and O–H groups in total. The summed E-state index contributed by atoms with van der Waals surface area (Å²) in [7, 11) is -1.62. The van der Waals surface area contributed by atoms with Crippen LogP contribution in [-0.2, 0) is 9.84 Å². The minimum Gasteiger partial charge on any atom is -0.327 e. The van der Waals surface area contributed by atoms with Gasteiger partial charge >= 0.3 is 6.03 Å². The van der Waals surface area contributed by atoms with E-state index in [0.717, 1.165) is 6.26 Å². The van der Waals surface area contributed by atoms with E-state index in [1.54, 1.807) is 13.8 Å². The molecule has 0 heterocycles. The van der Waals surface area contributed by atoms with E-state index in [1.165, 1.54) is 11.9 Å². The summed E-state index contributed by atoms with van der Waals surface area (Å²) >= 11 is 0. The van der Waals surface area contributed by atoms with Gasteiger partial charge in [-0.05, 0) is 13.8 Å². The zero-order valence-corrected chi connectivity index (χ0v) is 10.8. The quantitative estimate of drug-likeness (QED) is 0.715. The van der Waals surface area contributed by atoms with E-state index in [9.17, 15) is 13.2 Å². The summed E-state index contributed by atoms with van der Waals surface area (Å²) in [4.78, 5) is 12.8. The van der Waals surface area contributed by atoms with Crippen molar-refractivity contribution in [1.29, 1.82) is 0 Å². The fourth-order valence-corrected chi connectivity index (χ4v) is 2.01. The van der Waals surface area contributed by atoms with Crippen LogP contribution in [0.15, 0.2) is 0 Å². The first-order chi connectivity index (χ1) is 7.21. The van der Waals surface area contributed by atoms with Crippen molar-refractivity contribution in [2.24, 2.45) is 0 Å². The number of rotatable bonds is 4. The third-order valence-electron chi connectivity index (χ3n) is 2.63. The van der Waals surface area contributed by atoms with Crippen molar-refractivity contribution >= 4 is 15.9 Å². The maximum absolute atomic E-state index is 11.5. The van der Waals surface area contributed by atoms with Crippen molar-refractivity contribution in [1.82, 2.24) is 10.2 Å². The minimum absolute atomic E-state index is 0.128. The van der Waals surface area contributed by atoms with E-state index in [-0.39, 0.29) is 12.6 Å². The second-order valence-corrected chi connectivity index (χ2v) is 6.15. The molecule has 92 valence electrons. The first-order valence-corrected chi connectivity index (χ1v) is 6.80. The number of carbonyl (C=O) groups excluding carboxylic acids is 1. The minimum atomic E-state index is -3.16. The molecule has 0 aliphatic carbocycles. The van der Waals surface area contributed by atoms with Crippen LogP contribution in [0.1, 0.15) is 13.8 Å². The average Bonchev–Trinajstić information content (AvgIpc) is 2.21. The molecule has 2 atom stereocenters. The molecule has 2 unspecified atom stereocenters. The molecule has 5 nitrogen and oxygen atoms in total. The van der Waals surface area contributed by atoms with Gasteiger partial charge in [0.1, 0.15) is 0 Å². The summed E-state index contributed by atoms with van der Waals surface area (Å²) in [5.74, 6) is 2.28. The summed E-state index contributed by atoms with van der Waals surface area (Å²) < 4.78 is 22.6. The van der Waals surface area contributed by atoms with Crippen LogP contribution in [0.2, 0.25) is 0 Å². The zero-order valence-electron chi connectivity index (χ0n) is 10.0. The molecule has 0 aromatic rings. The van der Waals surface area contributed by atoms with Crippen LogP contribution in [-0.4, -0.2) is 50.5 Å². The highest BCUT2D eigenvalue weighted by atomic mass is 32.2. The lowest BCUT2D eigenvalue weighted by molar-refractivity contribution is 0.194. The monoisotopic (exact) mass is 246 g/mol. The first kappa shape index (κ1) is 14.8. The smallest absolute Gasteiger partial charge is 0.318 e. The van der Waals surface area contributed by atoms with Crippen molar-refractivity contribution in [3.05, 3.63) is 0 Å². The molecule has 0 fully saturated rings. The molecule has 0 aliphatic heterocycles. The van der Waals surface area contributed by atoms with Gasteiger partial charge in [-0.1, -0.05) is 5.92 Å². The Morgan fingerprint density at radius 3 is 2.38 bits per heavy atom. The van der Waals surface area contributed by atoms with E-state index >= 15 is 0 Å². The molecule has 16 heavy (non-hydrogen) atoms. The zero-order chi connectivity index (χ0) is 12.9. The van der Waals surface area contributed by atoms with Crippen LogP contribution in [0, 0.1) is 12.3 Å². The van der Waals surface area contributed by atoms with Crippen LogP contribution in [0.3, 0.4) is 0 Å². The molecule has 0 aromatic heterocycles. The highest BCUT2D eigenvalue weighted by Gasteiger charge is 2.27. The second kappa shape index (κ2) is 5.75. The molecular weight excluding hydrogens is 228 g/mol. The molecular formula is C10H18N2O3S. The maximum atomic E-state index is 11.5. The van der Waals surface area contributed by atoms with Crippen LogP contribution in [0.4, 0.5) is 4.79 Å². The SMILES string of the molecule is C#CCNC(=O)N(C)C(C)C(C)S(C)(=O)=O. The molecule has 0 saturated heterocycles. The summed E-state index contributed by atoms with van der Waals surface area (Å²) in [6.07, 6.45) is 6.16. The second-order valence-electron chi connectivity index (χ2n) is 3.75. The molecule has 0 radical (unpaired) electrons. The number of nitrogens with one attached hydrogen (secondary N) is 1. The number of terminal acetylenes is 1. The number of nitrogens with zero attached hydrogens (tertiary/aromatic N) is 1. The molecule has 0 aromatic carbocycles. The molecule has 0 aliphatic rings. The fourth-order valence-electron chi connectivity index (χ4n) is 1.11. The predicted octanol–water partition coefficient (Wildman–Crippen LogP) is 0.0826. The van der Waals surface area contributed by atoms with Crippen LogP contribution >= 0.6 is 0 Å². The van der Waals surface area contributed by atoms with E-state index in [1.807, 2.05) is 0 Å². The van der Waals surface area contributed by atoms with E-state index in [0.29, 0.717) is 0 Å². The summed E-state index contributed by atoms with van der Waals surface area (Å²) in [6.45, 7) is 3.38. The Morgan fingerprint density at radius 1 is 1.50 bits per heavy atom. The van der Waals surface area contributed by atoms with Crippen molar-refractivity contribution < 1.29 is 13.2 Å². The van der Waals surface area contributed by atoms with Gasteiger partial charge in [0.15, 0.2) is 9.84 Å². The Balaban J connectivity index is 4.57. The standard InChI is InChI=1S/C10H18N2O3S/c1-6-7-11-10(13)12(4)8(2)9(3)16(5,14)15/h1,8-9H,7H2,2-5H3,(H,11,13). The average molecular weight is 246 g/mol. The molecule has 2 amide bonds. The third-order valence-corrected chi connectivity index (χ3v) is 4.37. The number of hydrogen-bond donors (Lipinski definition) is 1. The van der Waals surface area contributed by atoms with Crippen molar-refractivity contribution in [2.45, 2.75) is 25.1 Å². The lowest BCUT2D eigenvalue weighted by Crippen LogP contribution is -2.48. The van der Waals surface area contributed by atoms with Gasteiger partial charge in [-0.15, -0.1) is 6.42 Å². The van der Waals surface area contributed by atoms with Gasteiger partial charge in [-0.2, -0.15) is 0 Å². The van der Waals surface area contributed by atoms with E-state index < -0.39 is 21.1 Å². The number of sulfone groups is 1. The highest BCUT2D eigenvalue weighted by Crippen LogP contribution is 2.09. The number of amides is 2. The Bertz CT molecular complexity index is 383. The summed E-state index contributed by atoms with van der Waals surface area (Å²) in [6, 6.07) is -0.784. The summed E-state index contributed by atoms with van der Waals surface area (Å²) in [5, 5.41) is 1.86. The normalized spacial score (nSPS) is 14.7. The van der Waals surface area contributed by atoms with Gasteiger partial charge < -0.3 is 10.2 Å². The van der Waals surface area contributed by atoms with Crippen molar-refractivity contribution in [2.75, 3.05) is 19.8 Å². The van der Waals surface area contributed by atoms with Crippen molar-refractivity contribution in [3.8, 4) is 12.3 Å². The lowest BCUT2D eigenvalue weighted by atomic mass is 10.2. The van der Waals surface area contributed by atoms with Crippen molar-refractivity contribution in [3.63, 3.8) is 0 Å². The molecule has 0 saturated carbocycles. The highest BCUT2D eigenvalue weighted by molar-refractivity contribution is 7.91. The van der Waals surface area contributed by atoms with Crippen LogP contribution < -0.4 is 5.32 Å². The van der Waals surface area contributed by atoms with E-state index in [2.05, 4.69) is 11.2 Å². The Morgan fingerprint density at radius 2 is 2.00 bits per heavy atom. The van der Waals surface area contributed by atoms with Gasteiger partial charge in [0.2, 0.25) is 0 Å². The Hall–Kier alpha value is -1.22. The fraction of sp³-hybridized carbons (Fsp3) is 0.700. The predicted molar refractivity (Wildman–Crippen MR) is 63.8 cm³/mol. The number of hydrogen-bond acceptors (Lipinski definition) is 3. The topological polar surface area (TPSA) is 66.5 Å². The van der Waals surface area contributed by atoms with Crippen LogP contribution in [0.5, 0.6) is 0 Å². The van der Waals surface area contributed by atoms with E-state index in [4.69, 9.17) is 6.42 Å². The van der Waals surface area contributed by atoms with Gasteiger partial charge in [0.25, 0.3) is 0 Å². The third kappa shape index (κ3) is 4.11. The van der Waals surface area contributed by atoms with Crippen LogP contribution in [0.25, 0.3) is 0 Å². The maximum Gasteiger partial charge on any atom is 0.318 e. The van der Waals surface area contributed by atoms with Gasteiger partial charge in [-0.25, -0.2) is 13.2 Å². The molecule has 0 spiro atoms. The molecule has 6 heteroatoms. The molecule has 0 bridgehead atoms. The van der Waals surface area contributed by atoms with Gasteiger partial charge in [0, 0.05) is 19.3 Å². The molecule has 0 rings (SSSR count).